The number of ether oxygens (including phenoxy) is 1. The second-order valence-corrected chi connectivity index (χ2v) is 4.47. The molecule has 11 heavy (non-hydrogen) atoms. The van der Waals surface area contributed by atoms with E-state index in [1.165, 1.54) is 0 Å². The van der Waals surface area contributed by atoms with Gasteiger partial charge in [-0.15, -0.1) is 3.89 Å². The Morgan fingerprint density at radius 2 is 2.00 bits per heavy atom. The molecule has 1 fully saturated rings. The molecule has 0 aliphatic carbocycles. The van der Waals surface area contributed by atoms with Crippen molar-refractivity contribution in [2.45, 2.75) is 25.2 Å². The Morgan fingerprint density at radius 1 is 1.45 bits per heavy atom. The first-order valence-electron chi connectivity index (χ1n) is 3.48. The van der Waals surface area contributed by atoms with E-state index in [0.717, 1.165) is 0 Å². The van der Waals surface area contributed by atoms with E-state index < -0.39 is 15.5 Å². The summed E-state index contributed by atoms with van der Waals surface area (Å²) in [4.78, 5) is 0. The molecular formula is C6H11FO3S. The van der Waals surface area contributed by atoms with Crippen LogP contribution < -0.4 is 0 Å². The largest absolute Gasteiger partial charge is 0.377 e. The summed E-state index contributed by atoms with van der Waals surface area (Å²) < 4.78 is 38.3. The van der Waals surface area contributed by atoms with Gasteiger partial charge >= 0.3 is 10.2 Å². The van der Waals surface area contributed by atoms with Crippen molar-refractivity contribution in [1.29, 1.82) is 0 Å². The van der Waals surface area contributed by atoms with Gasteiger partial charge in [-0.1, -0.05) is 6.92 Å². The number of rotatable bonds is 1. The smallest absolute Gasteiger partial charge is 0.307 e. The number of halogens is 1. The highest BCUT2D eigenvalue weighted by Gasteiger charge is 2.40. The first kappa shape index (κ1) is 8.93. The molecule has 0 aromatic carbocycles. The minimum Gasteiger partial charge on any atom is -0.377 e. The van der Waals surface area contributed by atoms with Crippen molar-refractivity contribution in [3.8, 4) is 0 Å². The molecule has 0 amide bonds. The van der Waals surface area contributed by atoms with Crippen LogP contribution in [0, 0.1) is 5.92 Å². The van der Waals surface area contributed by atoms with Crippen LogP contribution in [0.1, 0.15) is 13.8 Å². The average Bonchev–Trinajstić information content (AvgIpc) is 2.11. The van der Waals surface area contributed by atoms with E-state index in [-0.39, 0.29) is 18.6 Å². The van der Waals surface area contributed by atoms with E-state index in [1.54, 1.807) is 13.8 Å². The average molecular weight is 182 g/mol. The van der Waals surface area contributed by atoms with Crippen molar-refractivity contribution in [3.05, 3.63) is 0 Å². The third kappa shape index (κ3) is 1.70. The summed E-state index contributed by atoms with van der Waals surface area (Å²) in [5.74, 6) is -0.245. The summed E-state index contributed by atoms with van der Waals surface area (Å²) in [5.41, 5.74) is 0. The molecule has 66 valence electrons. The van der Waals surface area contributed by atoms with Crippen molar-refractivity contribution < 1.29 is 17.0 Å². The van der Waals surface area contributed by atoms with Gasteiger partial charge < -0.3 is 4.74 Å². The molecule has 3 unspecified atom stereocenters. The highest BCUT2D eigenvalue weighted by Crippen LogP contribution is 2.26. The SMILES string of the molecule is CC1OCC(S(=O)(=O)F)C1C. The van der Waals surface area contributed by atoms with Crippen molar-refractivity contribution in [2.24, 2.45) is 5.92 Å². The van der Waals surface area contributed by atoms with Crippen molar-refractivity contribution in [3.63, 3.8) is 0 Å². The van der Waals surface area contributed by atoms with Gasteiger partial charge in [0.1, 0.15) is 5.25 Å². The Labute approximate surface area is 65.8 Å². The Balaban J connectivity index is 2.78. The fourth-order valence-electron chi connectivity index (χ4n) is 1.19. The fourth-order valence-corrected chi connectivity index (χ4v) is 2.17. The van der Waals surface area contributed by atoms with Crippen LogP contribution in [0.25, 0.3) is 0 Å². The van der Waals surface area contributed by atoms with Gasteiger partial charge in [0.25, 0.3) is 0 Å². The first-order valence-corrected chi connectivity index (χ1v) is 4.92. The van der Waals surface area contributed by atoms with Gasteiger partial charge in [0.2, 0.25) is 0 Å². The Hall–Kier alpha value is -0.160. The van der Waals surface area contributed by atoms with Crippen LogP contribution in [0.2, 0.25) is 0 Å². The van der Waals surface area contributed by atoms with Crippen molar-refractivity contribution >= 4 is 10.2 Å². The molecule has 0 aromatic rings. The standard InChI is InChI=1S/C6H11FO3S/c1-4-5(2)10-3-6(4)11(7,8)9/h4-6H,3H2,1-2H3. The molecule has 0 N–H and O–H groups in total. The van der Waals surface area contributed by atoms with Crippen LogP contribution in [0.15, 0.2) is 0 Å². The maximum atomic E-state index is 12.4. The maximum Gasteiger partial charge on any atom is 0.307 e. The summed E-state index contributed by atoms with van der Waals surface area (Å²) in [5, 5.41) is -0.961. The number of hydrogen-bond acceptors (Lipinski definition) is 3. The Morgan fingerprint density at radius 3 is 2.18 bits per heavy atom. The predicted molar refractivity (Wildman–Crippen MR) is 38.4 cm³/mol. The van der Waals surface area contributed by atoms with Gasteiger partial charge in [0, 0.05) is 5.92 Å². The molecule has 1 rings (SSSR count). The van der Waals surface area contributed by atoms with E-state index in [4.69, 9.17) is 4.74 Å². The van der Waals surface area contributed by atoms with Crippen LogP contribution in [-0.4, -0.2) is 26.4 Å². The molecule has 1 aliphatic rings. The Kier molecular flexibility index (Phi) is 2.20. The lowest BCUT2D eigenvalue weighted by Crippen LogP contribution is -2.25. The van der Waals surface area contributed by atoms with E-state index in [1.807, 2.05) is 0 Å². The highest BCUT2D eigenvalue weighted by atomic mass is 32.3. The molecule has 0 saturated carbocycles. The van der Waals surface area contributed by atoms with E-state index >= 15 is 0 Å². The van der Waals surface area contributed by atoms with Gasteiger partial charge in [-0.05, 0) is 6.92 Å². The quantitative estimate of drug-likeness (QED) is 0.561. The van der Waals surface area contributed by atoms with Crippen molar-refractivity contribution in [1.82, 2.24) is 0 Å². The molecule has 0 bridgehead atoms. The predicted octanol–water partition coefficient (Wildman–Crippen LogP) is 0.709. The van der Waals surface area contributed by atoms with Gasteiger partial charge in [0.05, 0.1) is 12.7 Å². The van der Waals surface area contributed by atoms with Crippen LogP contribution in [-0.2, 0) is 15.0 Å². The van der Waals surface area contributed by atoms with E-state index in [0.29, 0.717) is 0 Å². The zero-order valence-corrected chi connectivity index (χ0v) is 7.27. The topological polar surface area (TPSA) is 43.4 Å². The van der Waals surface area contributed by atoms with E-state index in [2.05, 4.69) is 0 Å². The Bertz CT molecular complexity index is 236. The first-order chi connectivity index (χ1) is 4.93. The third-order valence-corrected chi connectivity index (χ3v) is 3.50. The lowest BCUT2D eigenvalue weighted by molar-refractivity contribution is 0.109. The maximum absolute atomic E-state index is 12.4. The normalized spacial score (nSPS) is 39.4. The highest BCUT2D eigenvalue weighted by molar-refractivity contribution is 7.87. The molecule has 0 spiro atoms. The van der Waals surface area contributed by atoms with Crippen LogP contribution >= 0.6 is 0 Å². The molecule has 1 aliphatic heterocycles. The van der Waals surface area contributed by atoms with Crippen LogP contribution in [0.4, 0.5) is 3.89 Å². The summed E-state index contributed by atoms with van der Waals surface area (Å²) in [7, 11) is -4.41. The zero-order chi connectivity index (χ0) is 8.65. The van der Waals surface area contributed by atoms with Gasteiger partial charge in [-0.3, -0.25) is 0 Å². The van der Waals surface area contributed by atoms with E-state index in [9.17, 15) is 12.3 Å². The molecule has 0 radical (unpaired) electrons. The lowest BCUT2D eigenvalue weighted by Gasteiger charge is -2.10. The molecule has 0 aromatic heterocycles. The second-order valence-electron chi connectivity index (χ2n) is 2.91. The summed E-state index contributed by atoms with van der Waals surface area (Å²) in [6, 6.07) is 0. The molecule has 3 nitrogen and oxygen atoms in total. The lowest BCUT2D eigenvalue weighted by atomic mass is 10.1. The summed E-state index contributed by atoms with van der Waals surface area (Å²) in [6.07, 6.45) is -0.162. The monoisotopic (exact) mass is 182 g/mol. The molecule has 5 heteroatoms. The second kappa shape index (κ2) is 2.71. The zero-order valence-electron chi connectivity index (χ0n) is 6.45. The molecule has 1 heterocycles. The molecule has 1 saturated heterocycles. The minimum atomic E-state index is -4.41. The van der Waals surface area contributed by atoms with Crippen LogP contribution in [0.5, 0.6) is 0 Å². The van der Waals surface area contributed by atoms with Crippen molar-refractivity contribution in [2.75, 3.05) is 6.61 Å². The van der Waals surface area contributed by atoms with Gasteiger partial charge in [-0.2, -0.15) is 8.42 Å². The molecular weight excluding hydrogens is 171 g/mol. The fraction of sp³-hybridized carbons (Fsp3) is 1.00. The van der Waals surface area contributed by atoms with Crippen LogP contribution in [0.3, 0.4) is 0 Å². The summed E-state index contributed by atoms with van der Waals surface area (Å²) >= 11 is 0. The summed E-state index contributed by atoms with van der Waals surface area (Å²) in [6.45, 7) is 3.41. The third-order valence-electron chi connectivity index (χ3n) is 2.21. The minimum absolute atomic E-state index is 0.0127. The van der Waals surface area contributed by atoms with Gasteiger partial charge in [0.15, 0.2) is 0 Å². The molecule has 3 atom stereocenters. The van der Waals surface area contributed by atoms with Gasteiger partial charge in [-0.25, -0.2) is 0 Å². The number of hydrogen-bond donors (Lipinski definition) is 0.